The zero-order chi connectivity index (χ0) is 17.5. The maximum Gasteiger partial charge on any atom is 0.409 e. The van der Waals surface area contributed by atoms with Gasteiger partial charge in [-0.15, -0.1) is 0 Å². The Morgan fingerprint density at radius 2 is 1.95 bits per heavy atom. The molecule has 3 atom stereocenters. The molecule has 0 saturated carbocycles. The summed E-state index contributed by atoms with van der Waals surface area (Å²) in [6.07, 6.45) is 0.249. The zero-order valence-corrected chi connectivity index (χ0v) is 16.3. The van der Waals surface area contributed by atoms with Crippen molar-refractivity contribution in [3.05, 3.63) is 12.7 Å². The Morgan fingerprint density at radius 1 is 1.41 bits per heavy atom. The van der Waals surface area contributed by atoms with E-state index < -0.39 is 21.4 Å². The Bertz CT molecular complexity index is 355. The minimum Gasteiger partial charge on any atom is -0.445 e. The lowest BCUT2D eigenvalue weighted by atomic mass is 9.74. The average molecular weight is 332 g/mol. The molecule has 1 amide bonds. The van der Waals surface area contributed by atoms with Gasteiger partial charge in [-0.1, -0.05) is 40.3 Å². The quantitative estimate of drug-likeness (QED) is 0.422. The molecule has 0 fully saturated rings. The fourth-order valence-corrected chi connectivity index (χ4v) is 2.91. The number of nitrogens with zero attached hydrogens (tertiary/aromatic N) is 1. The van der Waals surface area contributed by atoms with E-state index in [1.54, 1.807) is 7.05 Å². The SMILES string of the molecule is C=CCOC(=O)N(C)C[C@H](C(O)O[SiH](C)C)[C@@H](C)C(C)(C)C. The molecule has 0 rings (SSSR count). The fourth-order valence-electron chi connectivity index (χ4n) is 2.15. The van der Waals surface area contributed by atoms with Gasteiger partial charge in [-0.2, -0.15) is 0 Å². The lowest BCUT2D eigenvalue weighted by Crippen LogP contribution is -2.45. The van der Waals surface area contributed by atoms with Crippen molar-refractivity contribution in [2.24, 2.45) is 17.3 Å². The summed E-state index contributed by atoms with van der Waals surface area (Å²) in [5, 5.41) is 10.4. The monoisotopic (exact) mass is 331 g/mol. The zero-order valence-electron chi connectivity index (χ0n) is 15.1. The Morgan fingerprint density at radius 3 is 2.36 bits per heavy atom. The fraction of sp³-hybridized carbons (Fsp3) is 0.812. The van der Waals surface area contributed by atoms with Gasteiger partial charge in [0.1, 0.15) is 12.9 Å². The summed E-state index contributed by atoms with van der Waals surface area (Å²) >= 11 is 0. The standard InChI is InChI=1S/C16H33NO4Si/c1-9-10-20-15(19)17(6)11-13(12(2)16(3,4)5)14(18)21-22(7)8/h9,12-14,18,22H,1,10-11H2,2-8H3/t12-,13+,14?/m1/s1. The van der Waals surface area contributed by atoms with Crippen molar-refractivity contribution in [2.75, 3.05) is 20.2 Å². The van der Waals surface area contributed by atoms with E-state index >= 15 is 0 Å². The van der Waals surface area contributed by atoms with Crippen LogP contribution in [0.2, 0.25) is 13.1 Å². The van der Waals surface area contributed by atoms with E-state index in [1.165, 1.54) is 11.0 Å². The third-order valence-corrected chi connectivity index (χ3v) is 4.73. The third-order valence-electron chi connectivity index (χ3n) is 3.91. The summed E-state index contributed by atoms with van der Waals surface area (Å²) in [6.45, 7) is 16.6. The number of hydrogen-bond acceptors (Lipinski definition) is 4. The van der Waals surface area contributed by atoms with Crippen molar-refractivity contribution in [1.29, 1.82) is 0 Å². The van der Waals surface area contributed by atoms with Crippen molar-refractivity contribution >= 4 is 15.1 Å². The average Bonchev–Trinajstić information content (AvgIpc) is 2.38. The van der Waals surface area contributed by atoms with E-state index in [0.717, 1.165) is 0 Å². The number of ether oxygens (including phenoxy) is 1. The molecule has 0 aliphatic heterocycles. The third kappa shape index (κ3) is 7.42. The molecule has 0 aromatic heterocycles. The van der Waals surface area contributed by atoms with Crippen LogP contribution in [0.3, 0.4) is 0 Å². The Labute approximate surface area is 137 Å². The highest BCUT2D eigenvalue weighted by molar-refractivity contribution is 6.48. The minimum atomic E-state index is -1.37. The first-order valence-corrected chi connectivity index (χ1v) is 10.6. The van der Waals surface area contributed by atoms with Crippen LogP contribution < -0.4 is 0 Å². The summed E-state index contributed by atoms with van der Waals surface area (Å²) in [6, 6.07) is 0. The molecule has 1 unspecified atom stereocenters. The highest BCUT2D eigenvalue weighted by Crippen LogP contribution is 2.34. The van der Waals surface area contributed by atoms with Crippen molar-refractivity contribution in [3.8, 4) is 0 Å². The second kappa shape index (κ2) is 9.32. The minimum absolute atomic E-state index is 0.000592. The predicted molar refractivity (Wildman–Crippen MR) is 92.3 cm³/mol. The van der Waals surface area contributed by atoms with Gasteiger partial charge in [0.2, 0.25) is 0 Å². The molecule has 5 nitrogen and oxygen atoms in total. The van der Waals surface area contributed by atoms with Gasteiger partial charge in [0.15, 0.2) is 9.04 Å². The molecule has 0 aromatic rings. The van der Waals surface area contributed by atoms with Gasteiger partial charge in [0, 0.05) is 19.5 Å². The van der Waals surface area contributed by atoms with Crippen LogP contribution in [0.15, 0.2) is 12.7 Å². The summed E-state index contributed by atoms with van der Waals surface area (Å²) in [4.78, 5) is 13.4. The normalized spacial score (nSPS) is 16.0. The number of aliphatic hydroxyl groups is 1. The maximum atomic E-state index is 11.9. The molecular formula is C16H33NO4Si. The van der Waals surface area contributed by atoms with Crippen molar-refractivity contribution < 1.29 is 19.1 Å². The molecular weight excluding hydrogens is 298 g/mol. The van der Waals surface area contributed by atoms with Crippen LogP contribution in [-0.2, 0) is 9.16 Å². The molecule has 0 aromatic carbocycles. The molecule has 0 aliphatic carbocycles. The first kappa shape index (κ1) is 21.1. The molecule has 6 heteroatoms. The van der Waals surface area contributed by atoms with E-state index in [2.05, 4.69) is 34.3 Å². The number of rotatable bonds is 8. The first-order chi connectivity index (χ1) is 10.0. The van der Waals surface area contributed by atoms with E-state index in [0.29, 0.717) is 6.54 Å². The number of aliphatic hydroxyl groups excluding tert-OH is 1. The van der Waals surface area contributed by atoms with Crippen molar-refractivity contribution in [2.45, 2.75) is 47.1 Å². The van der Waals surface area contributed by atoms with Gasteiger partial charge < -0.3 is 19.2 Å². The van der Waals surface area contributed by atoms with Crippen LogP contribution in [0.25, 0.3) is 0 Å². The molecule has 1 N–H and O–H groups in total. The lowest BCUT2D eigenvalue weighted by Gasteiger charge is -2.39. The van der Waals surface area contributed by atoms with Crippen LogP contribution in [-0.4, -0.2) is 51.6 Å². The van der Waals surface area contributed by atoms with Crippen LogP contribution in [0.5, 0.6) is 0 Å². The molecule has 0 heterocycles. The first-order valence-electron chi connectivity index (χ1n) is 7.83. The van der Waals surface area contributed by atoms with Crippen LogP contribution >= 0.6 is 0 Å². The maximum absolute atomic E-state index is 11.9. The Kier molecular flexibility index (Phi) is 8.96. The predicted octanol–water partition coefficient (Wildman–Crippen LogP) is 2.86. The smallest absolute Gasteiger partial charge is 0.409 e. The molecule has 22 heavy (non-hydrogen) atoms. The highest BCUT2D eigenvalue weighted by atomic mass is 28.3. The topological polar surface area (TPSA) is 59.0 Å². The van der Waals surface area contributed by atoms with Gasteiger partial charge in [-0.05, 0) is 24.4 Å². The van der Waals surface area contributed by atoms with Crippen LogP contribution in [0.1, 0.15) is 27.7 Å². The number of amides is 1. The summed E-state index contributed by atoms with van der Waals surface area (Å²) in [7, 11) is 0.308. The molecule has 0 spiro atoms. The number of hydrogen-bond donors (Lipinski definition) is 1. The molecule has 0 saturated heterocycles. The van der Waals surface area contributed by atoms with Gasteiger partial charge in [0.25, 0.3) is 0 Å². The van der Waals surface area contributed by atoms with Crippen LogP contribution in [0.4, 0.5) is 4.79 Å². The van der Waals surface area contributed by atoms with Crippen molar-refractivity contribution in [3.63, 3.8) is 0 Å². The molecule has 0 bridgehead atoms. The Balaban J connectivity index is 4.99. The van der Waals surface area contributed by atoms with Gasteiger partial charge >= 0.3 is 6.09 Å². The summed E-state index contributed by atoms with van der Waals surface area (Å²) in [5.74, 6) is 0.00101. The second-order valence-corrected chi connectivity index (χ2v) is 9.51. The highest BCUT2D eigenvalue weighted by Gasteiger charge is 2.35. The van der Waals surface area contributed by atoms with E-state index in [9.17, 15) is 9.90 Å². The number of carbonyl (C=O) groups is 1. The number of carbonyl (C=O) groups excluding carboxylic acids is 1. The van der Waals surface area contributed by atoms with Crippen LogP contribution in [0, 0.1) is 17.3 Å². The van der Waals surface area contributed by atoms with E-state index in [4.69, 9.17) is 9.16 Å². The Hall–Kier alpha value is -0.853. The van der Waals surface area contributed by atoms with E-state index in [1.807, 2.05) is 13.1 Å². The lowest BCUT2D eigenvalue weighted by molar-refractivity contribution is -0.100. The van der Waals surface area contributed by atoms with E-state index in [-0.39, 0.29) is 23.9 Å². The van der Waals surface area contributed by atoms with Crippen molar-refractivity contribution in [1.82, 2.24) is 4.90 Å². The van der Waals surface area contributed by atoms with Gasteiger partial charge in [-0.25, -0.2) is 4.79 Å². The second-order valence-electron chi connectivity index (χ2n) is 7.14. The summed E-state index contributed by atoms with van der Waals surface area (Å²) in [5.41, 5.74) is -0.000592. The molecule has 0 aliphatic rings. The van der Waals surface area contributed by atoms with Gasteiger partial charge in [0.05, 0.1) is 0 Å². The van der Waals surface area contributed by atoms with Gasteiger partial charge in [-0.3, -0.25) is 0 Å². The molecule has 0 radical (unpaired) electrons. The summed E-state index contributed by atoms with van der Waals surface area (Å²) < 4.78 is 10.7. The molecule has 130 valence electrons. The largest absolute Gasteiger partial charge is 0.445 e.